The molecule has 0 fully saturated rings. The first-order chi connectivity index (χ1) is 13.1. The summed E-state index contributed by atoms with van der Waals surface area (Å²) in [4.78, 5) is 31.3. The number of thioether (sulfide) groups is 1. The molecule has 0 unspecified atom stereocenters. The van der Waals surface area contributed by atoms with Crippen LogP contribution in [0.2, 0.25) is 0 Å². The zero-order chi connectivity index (χ0) is 19.2. The van der Waals surface area contributed by atoms with E-state index in [1.165, 1.54) is 22.3 Å². The second kappa shape index (κ2) is 8.83. The lowest BCUT2D eigenvalue weighted by molar-refractivity contribution is -0.129. The lowest BCUT2D eigenvalue weighted by Gasteiger charge is -2.15. The van der Waals surface area contributed by atoms with Crippen LogP contribution < -0.4 is 5.32 Å². The van der Waals surface area contributed by atoms with Gasteiger partial charge in [0.05, 0.1) is 22.4 Å². The number of hydrogen-bond acceptors (Lipinski definition) is 5. The average molecular weight is 398 g/mol. The predicted octanol–water partition coefficient (Wildman–Crippen LogP) is 4.13. The van der Waals surface area contributed by atoms with Gasteiger partial charge in [0.25, 0.3) is 0 Å². The van der Waals surface area contributed by atoms with Crippen LogP contribution in [-0.4, -0.2) is 41.5 Å². The highest BCUT2D eigenvalue weighted by molar-refractivity contribution is 7.98. The van der Waals surface area contributed by atoms with Gasteiger partial charge in [0.1, 0.15) is 5.01 Å². The fraction of sp³-hybridized carbons (Fsp3) is 0.150. The maximum absolute atomic E-state index is 12.3. The van der Waals surface area contributed by atoms with E-state index in [1.54, 1.807) is 24.9 Å². The first kappa shape index (κ1) is 19.1. The highest BCUT2D eigenvalue weighted by atomic mass is 32.2. The summed E-state index contributed by atoms with van der Waals surface area (Å²) in [5.74, 6) is -0.483. The second-order valence-electron chi connectivity index (χ2n) is 5.80. The van der Waals surface area contributed by atoms with Crippen LogP contribution in [0.1, 0.15) is 5.01 Å². The topological polar surface area (TPSA) is 62.3 Å². The molecule has 3 rings (SSSR count). The molecule has 1 N–H and O–H groups in total. The third-order valence-corrected chi connectivity index (χ3v) is 5.61. The minimum atomic E-state index is -0.248. The molecule has 0 saturated heterocycles. The fourth-order valence-corrected chi connectivity index (χ4v) is 3.89. The summed E-state index contributed by atoms with van der Waals surface area (Å²) in [5.41, 5.74) is 1.66. The number of fused-ring (bicyclic) bond motifs is 1. The van der Waals surface area contributed by atoms with Crippen molar-refractivity contribution in [2.75, 3.05) is 25.2 Å². The number of nitrogens with one attached hydrogen (secondary N) is 1. The molecule has 0 aliphatic heterocycles. The molecule has 0 aliphatic rings. The Labute approximate surface area is 166 Å². The molecular weight excluding hydrogens is 378 g/mol. The highest BCUT2D eigenvalue weighted by Crippen LogP contribution is 2.24. The molecule has 0 spiro atoms. The van der Waals surface area contributed by atoms with Gasteiger partial charge in [-0.05, 0) is 36.6 Å². The molecule has 1 heterocycles. The van der Waals surface area contributed by atoms with E-state index in [0.717, 1.165) is 25.8 Å². The molecular formula is C20H19N3O2S2. The first-order valence-corrected chi connectivity index (χ1v) is 10.3. The molecule has 0 aliphatic carbocycles. The van der Waals surface area contributed by atoms with Crippen molar-refractivity contribution >= 4 is 56.9 Å². The van der Waals surface area contributed by atoms with E-state index in [1.807, 2.05) is 54.8 Å². The van der Waals surface area contributed by atoms with Gasteiger partial charge < -0.3 is 10.2 Å². The fourth-order valence-electron chi connectivity index (χ4n) is 2.46. The van der Waals surface area contributed by atoms with Crippen LogP contribution in [0.5, 0.6) is 0 Å². The Bertz CT molecular complexity index is 965. The van der Waals surface area contributed by atoms with E-state index in [2.05, 4.69) is 10.3 Å². The van der Waals surface area contributed by atoms with Gasteiger partial charge in [-0.25, -0.2) is 4.98 Å². The number of amides is 2. The smallest absolute Gasteiger partial charge is 0.246 e. The van der Waals surface area contributed by atoms with Crippen molar-refractivity contribution in [3.63, 3.8) is 0 Å². The zero-order valence-electron chi connectivity index (χ0n) is 15.0. The quantitative estimate of drug-likeness (QED) is 0.502. The molecule has 2 amide bonds. The van der Waals surface area contributed by atoms with E-state index in [9.17, 15) is 9.59 Å². The van der Waals surface area contributed by atoms with Gasteiger partial charge in [-0.2, -0.15) is 0 Å². The summed E-state index contributed by atoms with van der Waals surface area (Å²) in [6, 6.07) is 15.4. The summed E-state index contributed by atoms with van der Waals surface area (Å²) < 4.78 is 1.07. The van der Waals surface area contributed by atoms with E-state index >= 15 is 0 Å². The predicted molar refractivity (Wildman–Crippen MR) is 113 cm³/mol. The van der Waals surface area contributed by atoms with Crippen molar-refractivity contribution in [3.8, 4) is 0 Å². The average Bonchev–Trinajstić information content (AvgIpc) is 3.09. The molecule has 0 atom stereocenters. The number of carbonyl (C=O) groups is 2. The Balaban J connectivity index is 1.59. The molecule has 7 heteroatoms. The third kappa shape index (κ3) is 4.96. The van der Waals surface area contributed by atoms with Gasteiger partial charge in [0, 0.05) is 18.0 Å². The van der Waals surface area contributed by atoms with Crippen molar-refractivity contribution < 1.29 is 9.59 Å². The number of anilines is 1. The molecule has 0 saturated carbocycles. The van der Waals surface area contributed by atoms with E-state index in [-0.39, 0.29) is 18.4 Å². The van der Waals surface area contributed by atoms with Crippen LogP contribution in [0.3, 0.4) is 0 Å². The van der Waals surface area contributed by atoms with Crippen LogP contribution in [0, 0.1) is 0 Å². The largest absolute Gasteiger partial charge is 0.333 e. The third-order valence-electron chi connectivity index (χ3n) is 3.82. The maximum Gasteiger partial charge on any atom is 0.246 e. The van der Waals surface area contributed by atoms with Gasteiger partial charge >= 0.3 is 0 Å². The number of carbonyl (C=O) groups excluding carboxylic acids is 2. The van der Waals surface area contributed by atoms with E-state index < -0.39 is 0 Å². The standard InChI is InChI=1S/C20H19N3O2S2/c1-23(13-18(24)21-14-7-3-5-9-16(14)26-2)20(25)12-11-19-22-15-8-4-6-10-17(15)27-19/h3-12H,13H2,1-2H3,(H,21,24). The molecule has 138 valence electrons. The maximum atomic E-state index is 12.3. The second-order valence-corrected chi connectivity index (χ2v) is 7.71. The van der Waals surface area contributed by atoms with E-state index in [4.69, 9.17) is 0 Å². The van der Waals surface area contributed by atoms with Gasteiger partial charge in [0.2, 0.25) is 11.8 Å². The molecule has 0 bridgehead atoms. The Kier molecular flexibility index (Phi) is 6.26. The summed E-state index contributed by atoms with van der Waals surface area (Å²) in [6.45, 7) is -0.0221. The van der Waals surface area contributed by atoms with Crippen LogP contribution in [-0.2, 0) is 9.59 Å². The number of likely N-dealkylation sites (N-methyl/N-ethyl adjacent to an activating group) is 1. The Morgan fingerprint density at radius 1 is 1.19 bits per heavy atom. The molecule has 2 aromatic carbocycles. The number of thiazole rings is 1. The highest BCUT2D eigenvalue weighted by Gasteiger charge is 2.12. The van der Waals surface area contributed by atoms with Gasteiger partial charge in [-0.1, -0.05) is 24.3 Å². The molecule has 5 nitrogen and oxygen atoms in total. The van der Waals surface area contributed by atoms with Crippen molar-refractivity contribution in [3.05, 3.63) is 59.6 Å². The minimum Gasteiger partial charge on any atom is -0.333 e. The monoisotopic (exact) mass is 397 g/mol. The summed E-state index contributed by atoms with van der Waals surface area (Å²) >= 11 is 3.08. The van der Waals surface area contributed by atoms with Crippen LogP contribution >= 0.6 is 23.1 Å². The normalized spacial score (nSPS) is 11.0. The Morgan fingerprint density at radius 2 is 1.93 bits per heavy atom. The van der Waals surface area contributed by atoms with Gasteiger partial charge in [-0.15, -0.1) is 23.1 Å². The Morgan fingerprint density at radius 3 is 2.70 bits per heavy atom. The number of nitrogens with zero attached hydrogens (tertiary/aromatic N) is 2. The summed E-state index contributed by atoms with van der Waals surface area (Å²) in [6.07, 6.45) is 5.08. The lowest BCUT2D eigenvalue weighted by Crippen LogP contribution is -2.33. The SMILES string of the molecule is CSc1ccccc1NC(=O)CN(C)C(=O)C=Cc1nc2ccccc2s1. The lowest BCUT2D eigenvalue weighted by atomic mass is 10.3. The summed E-state index contributed by atoms with van der Waals surface area (Å²) in [5, 5.41) is 3.61. The van der Waals surface area contributed by atoms with Crippen molar-refractivity contribution in [2.45, 2.75) is 4.90 Å². The van der Waals surface area contributed by atoms with E-state index in [0.29, 0.717) is 0 Å². The number of aromatic nitrogens is 1. The molecule has 0 radical (unpaired) electrons. The van der Waals surface area contributed by atoms with Crippen molar-refractivity contribution in [2.24, 2.45) is 0 Å². The number of para-hydroxylation sites is 2. The molecule has 3 aromatic rings. The van der Waals surface area contributed by atoms with Gasteiger partial charge in [-0.3, -0.25) is 9.59 Å². The molecule has 27 heavy (non-hydrogen) atoms. The van der Waals surface area contributed by atoms with Crippen molar-refractivity contribution in [1.82, 2.24) is 9.88 Å². The zero-order valence-corrected chi connectivity index (χ0v) is 16.6. The number of hydrogen-bond donors (Lipinski definition) is 1. The first-order valence-electron chi connectivity index (χ1n) is 8.28. The van der Waals surface area contributed by atoms with Crippen LogP contribution in [0.15, 0.2) is 59.5 Å². The van der Waals surface area contributed by atoms with Crippen molar-refractivity contribution in [1.29, 1.82) is 0 Å². The molecule has 1 aromatic heterocycles. The Hall–Kier alpha value is -2.64. The van der Waals surface area contributed by atoms with Crippen LogP contribution in [0.4, 0.5) is 5.69 Å². The minimum absolute atomic E-state index is 0.0221. The number of rotatable bonds is 6. The van der Waals surface area contributed by atoms with Gasteiger partial charge in [0.15, 0.2) is 0 Å². The van der Waals surface area contributed by atoms with Crippen LogP contribution in [0.25, 0.3) is 16.3 Å². The number of benzene rings is 2. The summed E-state index contributed by atoms with van der Waals surface area (Å²) in [7, 11) is 1.60.